The van der Waals surface area contributed by atoms with E-state index in [-0.39, 0.29) is 0 Å². The first-order valence-corrected chi connectivity index (χ1v) is 7.25. The smallest absolute Gasteiger partial charge is 0.185 e. The summed E-state index contributed by atoms with van der Waals surface area (Å²) >= 11 is 5.11. The largest absolute Gasteiger partial charge is 0.348 e. The van der Waals surface area contributed by atoms with E-state index in [4.69, 9.17) is 0 Å². The van der Waals surface area contributed by atoms with Crippen molar-refractivity contribution in [1.29, 1.82) is 0 Å². The van der Waals surface area contributed by atoms with Crippen LogP contribution in [0.4, 0.5) is 5.13 Å². The summed E-state index contributed by atoms with van der Waals surface area (Å²) in [5.74, 6) is 0. The molecule has 1 aliphatic carbocycles. The quantitative estimate of drug-likeness (QED) is 0.870. The number of hydrogen-bond donors (Lipinski definition) is 0. The van der Waals surface area contributed by atoms with E-state index < -0.39 is 0 Å². The van der Waals surface area contributed by atoms with E-state index in [1.54, 1.807) is 17.5 Å². The maximum absolute atomic E-state index is 4.64. The third-order valence-corrected chi connectivity index (χ3v) is 4.25. The molecule has 0 aromatic carbocycles. The molecule has 0 atom stereocenters. The lowest BCUT2D eigenvalue weighted by Crippen LogP contribution is -2.19. The van der Waals surface area contributed by atoms with Crippen molar-refractivity contribution in [3.63, 3.8) is 0 Å². The SMILES string of the molecule is CN(c1nc(Cn2cc(Br)cn2)cs1)C1CC1. The van der Waals surface area contributed by atoms with Gasteiger partial charge in [0.1, 0.15) is 0 Å². The van der Waals surface area contributed by atoms with Crippen molar-refractivity contribution < 1.29 is 0 Å². The minimum atomic E-state index is 0.716. The fourth-order valence-corrected chi connectivity index (χ4v) is 2.92. The van der Waals surface area contributed by atoms with Gasteiger partial charge in [0.15, 0.2) is 5.13 Å². The maximum Gasteiger partial charge on any atom is 0.185 e. The van der Waals surface area contributed by atoms with Crippen molar-refractivity contribution >= 4 is 32.4 Å². The van der Waals surface area contributed by atoms with Crippen LogP contribution in [0.2, 0.25) is 0 Å². The highest BCUT2D eigenvalue weighted by atomic mass is 79.9. The van der Waals surface area contributed by atoms with Crippen LogP contribution in [0.25, 0.3) is 0 Å². The number of anilines is 1. The molecule has 0 bridgehead atoms. The van der Waals surface area contributed by atoms with Gasteiger partial charge in [0.25, 0.3) is 0 Å². The van der Waals surface area contributed by atoms with Crippen LogP contribution in [0.3, 0.4) is 0 Å². The molecule has 0 spiro atoms. The van der Waals surface area contributed by atoms with Gasteiger partial charge in [0.05, 0.1) is 22.9 Å². The van der Waals surface area contributed by atoms with Crippen molar-refractivity contribution in [2.75, 3.05) is 11.9 Å². The molecular weight excluding hydrogens is 300 g/mol. The number of rotatable bonds is 4. The van der Waals surface area contributed by atoms with Gasteiger partial charge in [-0.3, -0.25) is 4.68 Å². The molecule has 4 nitrogen and oxygen atoms in total. The molecule has 6 heteroatoms. The monoisotopic (exact) mass is 312 g/mol. The Bertz CT molecular complexity index is 517. The first-order chi connectivity index (χ1) is 8.22. The predicted molar refractivity (Wildman–Crippen MR) is 72.6 cm³/mol. The van der Waals surface area contributed by atoms with Gasteiger partial charge in [-0.25, -0.2) is 4.98 Å². The van der Waals surface area contributed by atoms with E-state index in [1.807, 2.05) is 10.9 Å². The second-order valence-electron chi connectivity index (χ2n) is 4.32. The molecule has 0 N–H and O–H groups in total. The Morgan fingerprint density at radius 3 is 3.06 bits per heavy atom. The van der Waals surface area contributed by atoms with Crippen molar-refractivity contribution in [2.24, 2.45) is 0 Å². The summed E-state index contributed by atoms with van der Waals surface area (Å²) in [6.45, 7) is 0.737. The molecule has 2 aromatic heterocycles. The van der Waals surface area contributed by atoms with Crippen molar-refractivity contribution in [1.82, 2.24) is 14.8 Å². The summed E-state index contributed by atoms with van der Waals surface area (Å²) in [6, 6.07) is 0.716. The molecule has 17 heavy (non-hydrogen) atoms. The Balaban J connectivity index is 1.71. The zero-order valence-electron chi connectivity index (χ0n) is 9.51. The Labute approximate surface area is 112 Å². The average molecular weight is 313 g/mol. The van der Waals surface area contributed by atoms with Crippen molar-refractivity contribution in [3.8, 4) is 0 Å². The van der Waals surface area contributed by atoms with Gasteiger partial charge in [-0.05, 0) is 28.8 Å². The molecule has 2 aromatic rings. The highest BCUT2D eigenvalue weighted by Gasteiger charge is 2.27. The van der Waals surface area contributed by atoms with Crippen LogP contribution in [0.15, 0.2) is 22.2 Å². The second kappa shape index (κ2) is 4.42. The Morgan fingerprint density at radius 2 is 2.41 bits per heavy atom. The zero-order chi connectivity index (χ0) is 11.8. The van der Waals surface area contributed by atoms with E-state index in [2.05, 4.69) is 43.3 Å². The Morgan fingerprint density at radius 1 is 1.59 bits per heavy atom. The third kappa shape index (κ3) is 2.52. The molecule has 1 fully saturated rings. The maximum atomic E-state index is 4.64. The van der Waals surface area contributed by atoms with Gasteiger partial charge in [-0.1, -0.05) is 0 Å². The molecule has 0 radical (unpaired) electrons. The van der Waals surface area contributed by atoms with Crippen LogP contribution >= 0.6 is 27.3 Å². The van der Waals surface area contributed by atoms with Crippen LogP contribution in [-0.4, -0.2) is 27.9 Å². The zero-order valence-corrected chi connectivity index (χ0v) is 11.9. The molecule has 2 heterocycles. The van der Waals surface area contributed by atoms with Crippen LogP contribution in [0.1, 0.15) is 18.5 Å². The Hall–Kier alpha value is -0.880. The highest BCUT2D eigenvalue weighted by Crippen LogP contribution is 2.31. The summed E-state index contributed by atoms with van der Waals surface area (Å²) in [6.07, 6.45) is 6.36. The second-order valence-corrected chi connectivity index (χ2v) is 6.07. The lowest BCUT2D eigenvalue weighted by atomic mass is 10.5. The number of hydrogen-bond acceptors (Lipinski definition) is 4. The normalized spacial score (nSPS) is 15.2. The van der Waals surface area contributed by atoms with Gasteiger partial charge in [0.2, 0.25) is 0 Å². The van der Waals surface area contributed by atoms with E-state index in [9.17, 15) is 0 Å². The fourth-order valence-electron chi connectivity index (χ4n) is 1.74. The van der Waals surface area contributed by atoms with E-state index in [0.29, 0.717) is 6.04 Å². The van der Waals surface area contributed by atoms with Gasteiger partial charge in [-0.15, -0.1) is 11.3 Å². The first kappa shape index (κ1) is 11.2. The number of nitrogens with zero attached hydrogens (tertiary/aromatic N) is 4. The molecule has 90 valence electrons. The van der Waals surface area contributed by atoms with Crippen LogP contribution < -0.4 is 4.90 Å². The number of halogens is 1. The lowest BCUT2D eigenvalue weighted by Gasteiger charge is -2.13. The summed E-state index contributed by atoms with van der Waals surface area (Å²) in [7, 11) is 2.13. The van der Waals surface area contributed by atoms with E-state index in [0.717, 1.165) is 21.8 Å². The molecule has 3 rings (SSSR count). The third-order valence-electron chi connectivity index (χ3n) is 2.86. The van der Waals surface area contributed by atoms with Crippen molar-refractivity contribution in [3.05, 3.63) is 27.9 Å². The van der Waals surface area contributed by atoms with E-state index in [1.165, 1.54) is 12.8 Å². The molecule has 0 amide bonds. The number of thiazole rings is 1. The highest BCUT2D eigenvalue weighted by molar-refractivity contribution is 9.10. The summed E-state index contributed by atoms with van der Waals surface area (Å²) in [4.78, 5) is 6.93. The van der Waals surface area contributed by atoms with Gasteiger partial charge < -0.3 is 4.90 Å². The van der Waals surface area contributed by atoms with Crippen LogP contribution in [0.5, 0.6) is 0 Å². The number of aromatic nitrogens is 3. The molecule has 0 saturated heterocycles. The van der Waals surface area contributed by atoms with Crippen molar-refractivity contribution in [2.45, 2.75) is 25.4 Å². The van der Waals surface area contributed by atoms with Gasteiger partial charge in [-0.2, -0.15) is 5.10 Å². The van der Waals surface area contributed by atoms with Gasteiger partial charge >= 0.3 is 0 Å². The molecule has 0 aliphatic heterocycles. The summed E-state index contributed by atoms with van der Waals surface area (Å²) in [5.41, 5.74) is 1.08. The Kier molecular flexibility index (Phi) is 2.92. The standard InChI is InChI=1S/C11H13BrN4S/c1-15(10-2-3-10)11-14-9(7-17-11)6-16-5-8(12)4-13-16/h4-5,7,10H,2-3,6H2,1H3. The first-order valence-electron chi connectivity index (χ1n) is 5.57. The molecule has 1 saturated carbocycles. The predicted octanol–water partition coefficient (Wildman–Crippen LogP) is 2.75. The summed E-state index contributed by atoms with van der Waals surface area (Å²) in [5, 5.41) is 7.47. The topological polar surface area (TPSA) is 34.0 Å². The molecular formula is C11H13BrN4S. The van der Waals surface area contributed by atoms with Crippen LogP contribution in [0, 0.1) is 0 Å². The lowest BCUT2D eigenvalue weighted by molar-refractivity contribution is 0.674. The minimum absolute atomic E-state index is 0.716. The van der Waals surface area contributed by atoms with Crippen LogP contribution in [-0.2, 0) is 6.54 Å². The molecule has 0 unspecified atom stereocenters. The van der Waals surface area contributed by atoms with E-state index >= 15 is 0 Å². The summed E-state index contributed by atoms with van der Waals surface area (Å²) < 4.78 is 2.89. The van der Waals surface area contributed by atoms with Gasteiger partial charge in [0, 0.05) is 24.7 Å². The average Bonchev–Trinajstić information content (AvgIpc) is 2.93. The minimum Gasteiger partial charge on any atom is -0.348 e. The fraction of sp³-hybridized carbons (Fsp3) is 0.455. The molecule has 1 aliphatic rings.